The van der Waals surface area contributed by atoms with E-state index >= 15 is 0 Å². The smallest absolute Gasteiger partial charge is 0.227 e. The quantitative estimate of drug-likeness (QED) is 0.917. The van der Waals surface area contributed by atoms with Crippen molar-refractivity contribution in [1.82, 2.24) is 9.97 Å². The molecule has 0 amide bonds. The van der Waals surface area contributed by atoms with Gasteiger partial charge in [-0.1, -0.05) is 20.8 Å². The number of fused-ring (bicyclic) bond motifs is 1. The van der Waals surface area contributed by atoms with Crippen molar-refractivity contribution < 1.29 is 4.74 Å². The number of hydrogen-bond acceptors (Lipinski definition) is 5. The second-order valence-electron chi connectivity index (χ2n) is 6.89. The first-order valence-corrected chi connectivity index (χ1v) is 8.44. The van der Waals surface area contributed by atoms with Crippen LogP contribution in [0.1, 0.15) is 40.0 Å². The zero-order valence-electron chi connectivity index (χ0n) is 13.1. The Morgan fingerprint density at radius 3 is 2.86 bits per heavy atom. The molecule has 4 nitrogen and oxygen atoms in total. The van der Waals surface area contributed by atoms with Crippen LogP contribution in [0.2, 0.25) is 0 Å². The third-order valence-corrected chi connectivity index (χ3v) is 4.95. The Hall–Kier alpha value is -1.36. The number of ether oxygens (including phenoxy) is 1. The fraction of sp³-hybridized carbons (Fsp3) is 0.625. The molecule has 0 radical (unpaired) electrons. The standard InChI is InChI=1S/C16H23N3OS/c1-10-7-11(9-16(2,3)8-10)20-13-12-5-6-21-14(12)19-15(17-4)18-13/h5-6,10-11H,7-9H2,1-4H3,(H,17,18,19). The van der Waals surface area contributed by atoms with Crippen LogP contribution in [0.15, 0.2) is 11.4 Å². The zero-order valence-corrected chi connectivity index (χ0v) is 14.0. The van der Waals surface area contributed by atoms with E-state index in [9.17, 15) is 0 Å². The van der Waals surface area contributed by atoms with Crippen molar-refractivity contribution >= 4 is 27.5 Å². The summed E-state index contributed by atoms with van der Waals surface area (Å²) < 4.78 is 6.29. The average molecular weight is 305 g/mol. The fourth-order valence-electron chi connectivity index (χ4n) is 3.54. The van der Waals surface area contributed by atoms with Gasteiger partial charge in [0.15, 0.2) is 0 Å². The lowest BCUT2D eigenvalue weighted by Gasteiger charge is -2.38. The first kappa shape index (κ1) is 14.6. The van der Waals surface area contributed by atoms with Gasteiger partial charge in [-0.2, -0.15) is 4.98 Å². The van der Waals surface area contributed by atoms with E-state index in [0.29, 0.717) is 17.3 Å². The molecule has 1 saturated carbocycles. The van der Waals surface area contributed by atoms with E-state index in [1.165, 1.54) is 6.42 Å². The van der Waals surface area contributed by atoms with E-state index in [0.717, 1.165) is 28.9 Å². The van der Waals surface area contributed by atoms with Gasteiger partial charge in [-0.05, 0) is 42.0 Å². The first-order valence-electron chi connectivity index (χ1n) is 7.56. The maximum absolute atomic E-state index is 6.29. The molecule has 2 aromatic heterocycles. The average Bonchev–Trinajstić information content (AvgIpc) is 2.84. The van der Waals surface area contributed by atoms with Crippen LogP contribution < -0.4 is 10.1 Å². The highest BCUT2D eigenvalue weighted by atomic mass is 32.1. The van der Waals surface area contributed by atoms with Crippen LogP contribution in [0.3, 0.4) is 0 Å². The Balaban J connectivity index is 1.88. The summed E-state index contributed by atoms with van der Waals surface area (Å²) in [5.41, 5.74) is 0.342. The van der Waals surface area contributed by atoms with E-state index < -0.39 is 0 Å². The molecular weight excluding hydrogens is 282 g/mol. The molecule has 5 heteroatoms. The molecule has 1 N–H and O–H groups in total. The summed E-state index contributed by atoms with van der Waals surface area (Å²) in [5, 5.41) is 6.08. The van der Waals surface area contributed by atoms with E-state index in [1.807, 2.05) is 18.5 Å². The Bertz CT molecular complexity index is 637. The van der Waals surface area contributed by atoms with Gasteiger partial charge in [0, 0.05) is 7.05 Å². The summed E-state index contributed by atoms with van der Waals surface area (Å²) in [6.45, 7) is 6.98. The molecule has 3 rings (SSSR count). The van der Waals surface area contributed by atoms with Crippen LogP contribution in [0.5, 0.6) is 5.88 Å². The van der Waals surface area contributed by atoms with E-state index in [4.69, 9.17) is 4.74 Å². The second kappa shape index (κ2) is 5.44. The summed E-state index contributed by atoms with van der Waals surface area (Å²) in [6, 6.07) is 2.05. The minimum Gasteiger partial charge on any atom is -0.474 e. The molecule has 0 aliphatic heterocycles. The predicted molar refractivity (Wildman–Crippen MR) is 88.2 cm³/mol. The van der Waals surface area contributed by atoms with E-state index in [-0.39, 0.29) is 6.10 Å². The maximum atomic E-state index is 6.29. The third kappa shape index (κ3) is 3.12. The number of rotatable bonds is 3. The van der Waals surface area contributed by atoms with Gasteiger partial charge in [0.1, 0.15) is 10.9 Å². The number of nitrogens with zero attached hydrogens (tertiary/aromatic N) is 2. The molecule has 0 spiro atoms. The molecule has 0 aromatic carbocycles. The van der Waals surface area contributed by atoms with Gasteiger partial charge in [0.05, 0.1) is 5.39 Å². The third-order valence-electron chi connectivity index (χ3n) is 4.14. The molecule has 0 saturated heterocycles. The van der Waals surface area contributed by atoms with E-state index in [2.05, 4.69) is 36.1 Å². The lowest BCUT2D eigenvalue weighted by Crippen LogP contribution is -2.34. The molecule has 2 atom stereocenters. The van der Waals surface area contributed by atoms with Crippen molar-refractivity contribution in [2.24, 2.45) is 11.3 Å². The molecule has 0 bridgehead atoms. The molecule has 1 fully saturated rings. The van der Waals surface area contributed by atoms with Crippen molar-refractivity contribution in [3.05, 3.63) is 11.4 Å². The van der Waals surface area contributed by atoms with Crippen LogP contribution in [-0.2, 0) is 0 Å². The largest absolute Gasteiger partial charge is 0.474 e. The van der Waals surface area contributed by atoms with Gasteiger partial charge in [-0.3, -0.25) is 0 Å². The van der Waals surface area contributed by atoms with Crippen molar-refractivity contribution in [2.45, 2.75) is 46.1 Å². The number of aromatic nitrogens is 2. The molecule has 2 heterocycles. The topological polar surface area (TPSA) is 47.0 Å². The van der Waals surface area contributed by atoms with Crippen LogP contribution in [0.4, 0.5) is 5.95 Å². The monoisotopic (exact) mass is 305 g/mol. The Labute approximate surface area is 129 Å². The van der Waals surface area contributed by atoms with E-state index in [1.54, 1.807) is 11.3 Å². The molecule has 114 valence electrons. The first-order chi connectivity index (χ1) is 9.97. The van der Waals surface area contributed by atoms with Gasteiger partial charge < -0.3 is 10.1 Å². The summed E-state index contributed by atoms with van der Waals surface area (Å²) in [6.07, 6.45) is 3.70. The Morgan fingerprint density at radius 1 is 1.33 bits per heavy atom. The van der Waals surface area contributed by atoms with Gasteiger partial charge in [-0.25, -0.2) is 4.98 Å². The minimum atomic E-state index is 0.242. The van der Waals surface area contributed by atoms with Gasteiger partial charge >= 0.3 is 0 Å². The lowest BCUT2D eigenvalue weighted by molar-refractivity contribution is 0.0544. The number of thiophene rings is 1. The highest BCUT2D eigenvalue weighted by molar-refractivity contribution is 7.16. The Kier molecular flexibility index (Phi) is 3.78. The molecular formula is C16H23N3OS. The summed E-state index contributed by atoms with van der Waals surface area (Å²) in [4.78, 5) is 9.97. The summed E-state index contributed by atoms with van der Waals surface area (Å²) >= 11 is 1.62. The highest BCUT2D eigenvalue weighted by Gasteiger charge is 2.33. The van der Waals surface area contributed by atoms with Crippen molar-refractivity contribution in [1.29, 1.82) is 0 Å². The molecule has 2 aromatic rings. The zero-order chi connectivity index (χ0) is 15.0. The fourth-order valence-corrected chi connectivity index (χ4v) is 4.29. The highest BCUT2D eigenvalue weighted by Crippen LogP contribution is 2.40. The molecule has 1 aliphatic rings. The van der Waals surface area contributed by atoms with Crippen molar-refractivity contribution in [3.63, 3.8) is 0 Å². The van der Waals surface area contributed by atoms with Crippen LogP contribution in [0.25, 0.3) is 10.2 Å². The van der Waals surface area contributed by atoms with Crippen LogP contribution in [-0.4, -0.2) is 23.1 Å². The number of nitrogens with one attached hydrogen (secondary N) is 1. The predicted octanol–water partition coefficient (Wildman–Crippen LogP) is 4.33. The lowest BCUT2D eigenvalue weighted by atomic mass is 9.71. The van der Waals surface area contributed by atoms with Gasteiger partial charge in [0.25, 0.3) is 0 Å². The van der Waals surface area contributed by atoms with Crippen LogP contribution >= 0.6 is 11.3 Å². The Morgan fingerprint density at radius 2 is 2.14 bits per heavy atom. The summed E-state index contributed by atoms with van der Waals surface area (Å²) in [7, 11) is 1.84. The summed E-state index contributed by atoms with van der Waals surface area (Å²) in [5.74, 6) is 2.05. The second-order valence-corrected chi connectivity index (χ2v) is 7.79. The van der Waals surface area contributed by atoms with Crippen LogP contribution in [0, 0.1) is 11.3 Å². The van der Waals surface area contributed by atoms with Crippen molar-refractivity contribution in [3.8, 4) is 5.88 Å². The normalized spacial score (nSPS) is 25.0. The SMILES string of the molecule is CNc1nc(OC2CC(C)CC(C)(C)C2)c2ccsc2n1. The molecule has 1 aliphatic carbocycles. The molecule has 21 heavy (non-hydrogen) atoms. The van der Waals surface area contributed by atoms with Gasteiger partial charge in [-0.15, -0.1) is 11.3 Å². The number of anilines is 1. The number of hydrogen-bond donors (Lipinski definition) is 1. The van der Waals surface area contributed by atoms with Crippen molar-refractivity contribution in [2.75, 3.05) is 12.4 Å². The minimum absolute atomic E-state index is 0.242. The molecule has 2 unspecified atom stereocenters. The van der Waals surface area contributed by atoms with Gasteiger partial charge in [0.2, 0.25) is 11.8 Å². The maximum Gasteiger partial charge on any atom is 0.227 e.